The second kappa shape index (κ2) is 4.69. The minimum Gasteiger partial charge on any atom is -0.274 e. The largest absolute Gasteiger partial charge is 0.418 e. The van der Waals surface area contributed by atoms with Gasteiger partial charge in [0.25, 0.3) is 0 Å². The maximum atomic E-state index is 12.7. The molecule has 0 radical (unpaired) electrons. The summed E-state index contributed by atoms with van der Waals surface area (Å²) in [5, 5.41) is 0. The van der Waals surface area contributed by atoms with Gasteiger partial charge in [-0.25, -0.2) is 0 Å². The molecular formula is C11H16F2Si. The van der Waals surface area contributed by atoms with Gasteiger partial charge >= 0.3 is 9.46 Å². The van der Waals surface area contributed by atoms with E-state index in [-0.39, 0.29) is 0 Å². The third-order valence-electron chi connectivity index (χ3n) is 2.49. The lowest BCUT2D eigenvalue weighted by Crippen LogP contribution is -2.12. The zero-order valence-electron chi connectivity index (χ0n) is 8.80. The van der Waals surface area contributed by atoms with Gasteiger partial charge in [0.1, 0.15) is 0 Å². The normalized spacial score (nSPS) is 13.6. The molecule has 1 aromatic carbocycles. The molecule has 0 saturated carbocycles. The second-order valence-corrected chi connectivity index (χ2v) is 5.58. The van der Waals surface area contributed by atoms with Crippen molar-refractivity contribution in [1.29, 1.82) is 0 Å². The summed E-state index contributed by atoms with van der Waals surface area (Å²) in [5.74, 6) is 0.321. The fourth-order valence-electron chi connectivity index (χ4n) is 1.59. The third-order valence-corrected chi connectivity index (χ3v) is 3.60. The summed E-state index contributed by atoms with van der Waals surface area (Å²) in [6, 6.07) is 7.54. The van der Waals surface area contributed by atoms with E-state index in [0.717, 1.165) is 11.1 Å². The Bertz CT molecular complexity index is 297. The molecule has 0 nitrogen and oxygen atoms in total. The van der Waals surface area contributed by atoms with Gasteiger partial charge in [0.05, 0.1) is 0 Å². The molecule has 14 heavy (non-hydrogen) atoms. The molecule has 0 spiro atoms. The number of hydrogen-bond acceptors (Lipinski definition) is 0. The SMILES string of the molecule is CC(C)c1ccccc1C(C)[SiH](F)F. The zero-order valence-corrected chi connectivity index (χ0v) is 9.95. The van der Waals surface area contributed by atoms with Gasteiger partial charge in [0, 0.05) is 5.54 Å². The van der Waals surface area contributed by atoms with E-state index < -0.39 is 15.0 Å². The van der Waals surface area contributed by atoms with Gasteiger partial charge in [0.2, 0.25) is 0 Å². The third kappa shape index (κ3) is 2.41. The average Bonchev–Trinajstić information content (AvgIpc) is 2.16. The molecule has 1 aromatic rings. The molecule has 0 aromatic heterocycles. The molecule has 0 fully saturated rings. The van der Waals surface area contributed by atoms with Crippen molar-refractivity contribution in [2.45, 2.75) is 32.2 Å². The van der Waals surface area contributed by atoms with Crippen LogP contribution >= 0.6 is 0 Å². The molecule has 0 aliphatic rings. The monoisotopic (exact) mass is 214 g/mol. The van der Waals surface area contributed by atoms with Crippen molar-refractivity contribution in [3.63, 3.8) is 0 Å². The van der Waals surface area contributed by atoms with Crippen molar-refractivity contribution < 1.29 is 8.22 Å². The Kier molecular flexibility index (Phi) is 3.81. The van der Waals surface area contributed by atoms with Crippen molar-refractivity contribution in [3.05, 3.63) is 35.4 Å². The van der Waals surface area contributed by atoms with Crippen molar-refractivity contribution in [3.8, 4) is 0 Å². The number of benzene rings is 1. The summed E-state index contributed by atoms with van der Waals surface area (Å²) >= 11 is 0. The predicted molar refractivity (Wildman–Crippen MR) is 58.3 cm³/mol. The maximum absolute atomic E-state index is 12.7. The summed E-state index contributed by atoms with van der Waals surface area (Å²) in [5.41, 5.74) is 1.37. The quantitative estimate of drug-likeness (QED) is 0.532. The van der Waals surface area contributed by atoms with Crippen LogP contribution < -0.4 is 0 Å². The Hall–Kier alpha value is -0.703. The molecule has 0 aliphatic carbocycles. The van der Waals surface area contributed by atoms with Crippen LogP contribution in [-0.4, -0.2) is 9.46 Å². The second-order valence-electron chi connectivity index (χ2n) is 3.91. The van der Waals surface area contributed by atoms with Gasteiger partial charge < -0.3 is 0 Å². The van der Waals surface area contributed by atoms with E-state index in [1.54, 1.807) is 6.92 Å². The van der Waals surface area contributed by atoms with Gasteiger partial charge in [-0.2, -0.15) is 0 Å². The molecule has 1 rings (SSSR count). The maximum Gasteiger partial charge on any atom is 0.418 e. The Morgan fingerprint density at radius 2 is 1.50 bits per heavy atom. The van der Waals surface area contributed by atoms with Crippen LogP contribution in [0.4, 0.5) is 8.22 Å². The van der Waals surface area contributed by atoms with Crippen LogP contribution in [0.5, 0.6) is 0 Å². The van der Waals surface area contributed by atoms with E-state index >= 15 is 0 Å². The summed E-state index contributed by atoms with van der Waals surface area (Å²) in [4.78, 5) is 0. The lowest BCUT2D eigenvalue weighted by molar-refractivity contribution is 0.622. The van der Waals surface area contributed by atoms with Crippen molar-refractivity contribution in [1.82, 2.24) is 0 Å². The van der Waals surface area contributed by atoms with E-state index in [2.05, 4.69) is 0 Å². The predicted octanol–water partition coefficient (Wildman–Crippen LogP) is 3.61. The van der Waals surface area contributed by atoms with Crippen LogP contribution in [0.2, 0.25) is 0 Å². The molecule has 78 valence electrons. The highest BCUT2D eigenvalue weighted by Gasteiger charge is 2.23. The first kappa shape index (κ1) is 11.4. The number of halogens is 2. The minimum atomic E-state index is -3.56. The number of hydrogen-bond donors (Lipinski definition) is 0. The topological polar surface area (TPSA) is 0 Å². The van der Waals surface area contributed by atoms with Gasteiger partial charge in [0.15, 0.2) is 0 Å². The van der Waals surface area contributed by atoms with Gasteiger partial charge in [-0.05, 0) is 17.0 Å². The van der Waals surface area contributed by atoms with Crippen molar-refractivity contribution >= 4 is 9.46 Å². The molecule has 3 heteroatoms. The van der Waals surface area contributed by atoms with Gasteiger partial charge in [-0.15, -0.1) is 0 Å². The van der Waals surface area contributed by atoms with E-state index in [4.69, 9.17) is 0 Å². The first-order valence-corrected chi connectivity index (χ1v) is 6.45. The molecule has 0 N–H and O–H groups in total. The van der Waals surface area contributed by atoms with Crippen molar-refractivity contribution in [2.75, 3.05) is 0 Å². The van der Waals surface area contributed by atoms with Crippen LogP contribution in [-0.2, 0) is 0 Å². The van der Waals surface area contributed by atoms with Gasteiger partial charge in [-0.3, -0.25) is 8.22 Å². The highest BCUT2D eigenvalue weighted by Crippen LogP contribution is 2.28. The van der Waals surface area contributed by atoms with E-state index in [1.807, 2.05) is 38.1 Å². The zero-order chi connectivity index (χ0) is 10.7. The van der Waals surface area contributed by atoms with E-state index in [0.29, 0.717) is 5.92 Å². The highest BCUT2D eigenvalue weighted by atomic mass is 28.4. The van der Waals surface area contributed by atoms with Crippen LogP contribution in [0.15, 0.2) is 24.3 Å². The summed E-state index contributed by atoms with van der Waals surface area (Å²) in [6.45, 7) is 5.72. The standard InChI is InChI=1S/C11H16F2Si/c1-8(2)10-6-4-5-7-11(10)9(3)14(12)13/h4-9,14H,1-3H3. The molecule has 0 aliphatic heterocycles. The number of rotatable bonds is 3. The van der Waals surface area contributed by atoms with E-state index in [9.17, 15) is 8.22 Å². The average molecular weight is 214 g/mol. The molecule has 1 atom stereocenters. The molecule has 0 saturated heterocycles. The Balaban J connectivity index is 3.06. The fraction of sp³-hybridized carbons (Fsp3) is 0.455. The minimum absolute atomic E-state index is 0.321. The van der Waals surface area contributed by atoms with E-state index in [1.165, 1.54) is 0 Å². The molecule has 0 amide bonds. The summed E-state index contributed by atoms with van der Waals surface area (Å²) in [7, 11) is -3.56. The molecule has 0 bridgehead atoms. The first-order valence-electron chi connectivity index (χ1n) is 4.91. The summed E-state index contributed by atoms with van der Waals surface area (Å²) in [6.07, 6.45) is 0. The molecule has 0 heterocycles. The van der Waals surface area contributed by atoms with Crippen LogP contribution in [0.1, 0.15) is 43.4 Å². The van der Waals surface area contributed by atoms with Crippen LogP contribution in [0.3, 0.4) is 0 Å². The lowest BCUT2D eigenvalue weighted by atomic mass is 9.96. The smallest absolute Gasteiger partial charge is 0.274 e. The first-order chi connectivity index (χ1) is 6.54. The molecular weight excluding hydrogens is 198 g/mol. The Morgan fingerprint density at radius 1 is 1.00 bits per heavy atom. The summed E-state index contributed by atoms with van der Waals surface area (Å²) < 4.78 is 25.4. The van der Waals surface area contributed by atoms with Crippen molar-refractivity contribution in [2.24, 2.45) is 0 Å². The van der Waals surface area contributed by atoms with Crippen LogP contribution in [0.25, 0.3) is 0 Å². The lowest BCUT2D eigenvalue weighted by Gasteiger charge is -2.16. The molecule has 1 unspecified atom stereocenters. The highest BCUT2D eigenvalue weighted by molar-refractivity contribution is 6.44. The van der Waals surface area contributed by atoms with Gasteiger partial charge in [-0.1, -0.05) is 45.0 Å². The Morgan fingerprint density at radius 3 is 1.93 bits per heavy atom. The Labute approximate surface area is 85.9 Å². The fourth-order valence-corrected chi connectivity index (χ4v) is 2.16. The van der Waals surface area contributed by atoms with Crippen LogP contribution in [0, 0.1) is 0 Å².